The molecule has 2 aromatic carbocycles. The first kappa shape index (κ1) is 14.4. The van der Waals surface area contributed by atoms with Crippen molar-refractivity contribution in [3.63, 3.8) is 0 Å². The van der Waals surface area contributed by atoms with E-state index in [1.807, 2.05) is 24.3 Å². The van der Waals surface area contributed by atoms with Crippen LogP contribution in [0.5, 0.6) is 0 Å². The number of carbonyl (C=O) groups is 1. The molecule has 0 bridgehead atoms. The van der Waals surface area contributed by atoms with E-state index in [-0.39, 0.29) is 12.2 Å². The third-order valence-corrected chi connectivity index (χ3v) is 4.96. The third-order valence-electron chi connectivity index (χ3n) is 4.96. The van der Waals surface area contributed by atoms with Crippen molar-refractivity contribution in [2.75, 3.05) is 26.2 Å². The molecule has 0 amide bonds. The summed E-state index contributed by atoms with van der Waals surface area (Å²) in [6, 6.07) is 18.4. The number of carbonyl (C=O) groups excluding carboxylic acids is 1. The van der Waals surface area contributed by atoms with Crippen molar-refractivity contribution >= 4 is 5.97 Å². The highest BCUT2D eigenvalue weighted by Gasteiger charge is 2.40. The van der Waals surface area contributed by atoms with Crippen LogP contribution in [-0.2, 0) is 11.3 Å². The lowest BCUT2D eigenvalue weighted by Gasteiger charge is -2.32. The summed E-state index contributed by atoms with van der Waals surface area (Å²) >= 11 is 0. The zero-order valence-corrected chi connectivity index (χ0v) is 13.1. The molecule has 0 spiro atoms. The number of fused-ring (bicyclic) bond motifs is 1. The van der Waals surface area contributed by atoms with Gasteiger partial charge in [-0.25, -0.2) is 4.79 Å². The molecule has 1 atom stereocenters. The van der Waals surface area contributed by atoms with Crippen LogP contribution in [0.4, 0.5) is 0 Å². The first-order valence-corrected chi connectivity index (χ1v) is 8.33. The van der Waals surface area contributed by atoms with Gasteiger partial charge in [0, 0.05) is 5.56 Å². The molecule has 0 aliphatic carbocycles. The van der Waals surface area contributed by atoms with Gasteiger partial charge in [-0.3, -0.25) is 4.90 Å². The van der Waals surface area contributed by atoms with Crippen LogP contribution >= 0.6 is 0 Å². The van der Waals surface area contributed by atoms with E-state index in [1.165, 1.54) is 10.5 Å². The molecule has 4 heteroatoms. The fraction of sp³-hybridized carbons (Fsp3) is 0.316. The normalized spacial score (nSPS) is 26.6. The molecular weight excluding hydrogens is 288 g/mol. The van der Waals surface area contributed by atoms with E-state index in [2.05, 4.69) is 30.3 Å². The summed E-state index contributed by atoms with van der Waals surface area (Å²) < 4.78 is 5.64. The van der Waals surface area contributed by atoms with Gasteiger partial charge in [0.25, 0.3) is 6.23 Å². The monoisotopic (exact) mass is 310 g/mol. The molecule has 1 saturated heterocycles. The number of nitrogens with one attached hydrogen (secondary N) is 2. The maximum atomic E-state index is 12.0. The molecule has 2 aliphatic rings. The van der Waals surface area contributed by atoms with E-state index >= 15 is 0 Å². The maximum absolute atomic E-state index is 12.0. The van der Waals surface area contributed by atoms with E-state index < -0.39 is 0 Å². The second-order valence-corrected chi connectivity index (χ2v) is 6.44. The van der Waals surface area contributed by atoms with Gasteiger partial charge in [0.15, 0.2) is 0 Å². The van der Waals surface area contributed by atoms with E-state index in [0.717, 1.165) is 43.9 Å². The molecule has 4 rings (SSSR count). The quantitative estimate of drug-likeness (QED) is 0.773. The summed E-state index contributed by atoms with van der Waals surface area (Å²) in [4.78, 5) is 15.0. The van der Waals surface area contributed by atoms with Crippen LogP contribution in [0.2, 0.25) is 0 Å². The Bertz CT molecular complexity index is 694. The highest BCUT2D eigenvalue weighted by atomic mass is 16.6. The molecule has 0 radical (unpaired) electrons. The minimum Gasteiger partial charge on any atom is -0.404 e. The number of benzene rings is 2. The van der Waals surface area contributed by atoms with Crippen molar-refractivity contribution in [1.29, 1.82) is 0 Å². The second kappa shape index (κ2) is 6.14. The molecule has 2 heterocycles. The van der Waals surface area contributed by atoms with Gasteiger partial charge < -0.3 is 9.64 Å². The Morgan fingerprint density at radius 1 is 0.913 bits per heavy atom. The molecule has 0 saturated carbocycles. The lowest BCUT2D eigenvalue weighted by atomic mass is 10.1. The Morgan fingerprint density at radius 2 is 1.61 bits per heavy atom. The predicted molar refractivity (Wildman–Crippen MR) is 86.1 cm³/mol. The molecule has 2 aromatic rings. The minimum absolute atomic E-state index is 0.114. The van der Waals surface area contributed by atoms with Crippen LogP contribution in [0, 0.1) is 0 Å². The first-order valence-electron chi connectivity index (χ1n) is 8.33. The molecule has 4 nitrogen and oxygen atoms in total. The third kappa shape index (κ3) is 2.87. The van der Waals surface area contributed by atoms with Gasteiger partial charge in [-0.2, -0.15) is 0 Å². The summed E-state index contributed by atoms with van der Waals surface area (Å²) in [7, 11) is 0. The fourth-order valence-electron chi connectivity index (χ4n) is 3.70. The zero-order chi connectivity index (χ0) is 15.6. The molecule has 1 fully saturated rings. The van der Waals surface area contributed by atoms with Gasteiger partial charge in [0.05, 0.1) is 11.1 Å². The van der Waals surface area contributed by atoms with Crippen LogP contribution in [0.1, 0.15) is 27.7 Å². The predicted octanol–water partition coefficient (Wildman–Crippen LogP) is -0.161. The summed E-state index contributed by atoms with van der Waals surface area (Å²) in [5.74, 6) is -0.169. The van der Waals surface area contributed by atoms with Crippen molar-refractivity contribution in [1.82, 2.24) is 0 Å². The lowest BCUT2D eigenvalue weighted by molar-refractivity contribution is -1.04. The Hall–Kier alpha value is -2.17. The van der Waals surface area contributed by atoms with Crippen LogP contribution < -0.4 is 9.80 Å². The van der Waals surface area contributed by atoms with Gasteiger partial charge in [-0.1, -0.05) is 42.5 Å². The molecule has 2 N–H and O–H groups in total. The Morgan fingerprint density at radius 3 is 2.39 bits per heavy atom. The molecule has 2 aliphatic heterocycles. The van der Waals surface area contributed by atoms with Gasteiger partial charge in [-0.15, -0.1) is 0 Å². The van der Waals surface area contributed by atoms with E-state index in [4.69, 9.17) is 4.74 Å². The summed E-state index contributed by atoms with van der Waals surface area (Å²) in [6.45, 7) is 5.37. The Labute approximate surface area is 136 Å². The van der Waals surface area contributed by atoms with Crippen molar-refractivity contribution in [3.8, 4) is 0 Å². The summed E-state index contributed by atoms with van der Waals surface area (Å²) in [6.07, 6.45) is -0.114. The number of hydrogen-bond donors (Lipinski definition) is 2. The number of rotatable bonds is 3. The average molecular weight is 310 g/mol. The highest BCUT2D eigenvalue weighted by Crippen LogP contribution is 2.25. The summed E-state index contributed by atoms with van der Waals surface area (Å²) in [5, 5.41) is 0. The Balaban J connectivity index is 1.40. The van der Waals surface area contributed by atoms with Crippen molar-refractivity contribution in [2.45, 2.75) is 12.8 Å². The van der Waals surface area contributed by atoms with Crippen LogP contribution in [0.15, 0.2) is 54.6 Å². The van der Waals surface area contributed by atoms with Gasteiger partial charge in [0.1, 0.15) is 32.7 Å². The van der Waals surface area contributed by atoms with Crippen LogP contribution in [0.3, 0.4) is 0 Å². The van der Waals surface area contributed by atoms with Gasteiger partial charge in [0.2, 0.25) is 0 Å². The number of cyclic esters (lactones) is 1. The van der Waals surface area contributed by atoms with Gasteiger partial charge in [-0.05, 0) is 12.1 Å². The zero-order valence-electron chi connectivity index (χ0n) is 13.1. The van der Waals surface area contributed by atoms with Crippen LogP contribution in [0.25, 0.3) is 0 Å². The molecular formula is C19H22N2O2+2. The van der Waals surface area contributed by atoms with Crippen molar-refractivity contribution in [3.05, 3.63) is 71.3 Å². The highest BCUT2D eigenvalue weighted by molar-refractivity contribution is 5.93. The number of quaternary nitrogens is 2. The van der Waals surface area contributed by atoms with Gasteiger partial charge >= 0.3 is 5.97 Å². The largest absolute Gasteiger partial charge is 0.404 e. The first-order chi connectivity index (χ1) is 11.3. The minimum atomic E-state index is -0.169. The molecule has 0 aromatic heterocycles. The lowest BCUT2D eigenvalue weighted by Crippen LogP contribution is -3.27. The molecule has 23 heavy (non-hydrogen) atoms. The molecule has 0 unspecified atom stereocenters. The van der Waals surface area contributed by atoms with E-state index in [9.17, 15) is 4.79 Å². The van der Waals surface area contributed by atoms with Crippen molar-refractivity contribution in [2.24, 2.45) is 0 Å². The maximum Gasteiger partial charge on any atom is 0.343 e. The topological polar surface area (TPSA) is 35.2 Å². The summed E-state index contributed by atoms with van der Waals surface area (Å²) in [5.41, 5.74) is 3.19. The second-order valence-electron chi connectivity index (χ2n) is 6.44. The smallest absolute Gasteiger partial charge is 0.343 e. The van der Waals surface area contributed by atoms with E-state index in [1.54, 1.807) is 4.90 Å². The molecule has 118 valence electrons. The van der Waals surface area contributed by atoms with E-state index in [0.29, 0.717) is 0 Å². The fourth-order valence-corrected chi connectivity index (χ4v) is 3.70. The SMILES string of the molecule is O=C1O[C@H]([NH+]2CC[NH+](Cc3ccccc3)CC2)c2ccccc21. The number of esters is 1. The number of piperazine rings is 1. The number of hydrogen-bond acceptors (Lipinski definition) is 2. The van der Waals surface area contributed by atoms with Crippen LogP contribution in [-0.4, -0.2) is 32.1 Å². The number of ether oxygens (including phenoxy) is 1. The average Bonchev–Trinajstić information content (AvgIpc) is 2.94. The Kier molecular flexibility index (Phi) is 3.85. The van der Waals surface area contributed by atoms with Crippen molar-refractivity contribution < 1.29 is 19.3 Å². The standard InChI is InChI=1S/C19H20N2O2/c22-19-17-9-5-4-8-16(17)18(23-19)21-12-10-20(11-13-21)14-15-6-2-1-3-7-15/h1-9,18H,10-14H2/p+2/t18-/m0/s1.